The quantitative estimate of drug-likeness (QED) is 0.604. The first-order valence-corrected chi connectivity index (χ1v) is 12.5. The van der Waals surface area contributed by atoms with E-state index in [4.69, 9.17) is 0 Å². The number of rotatable bonds is 6. The number of benzene rings is 3. The fourth-order valence-corrected chi connectivity index (χ4v) is 5.63. The summed E-state index contributed by atoms with van der Waals surface area (Å²) < 4.78 is 27.9. The number of likely N-dealkylation sites (N-methyl/N-ethyl adjacent to an activating group) is 1. The van der Waals surface area contributed by atoms with Crippen molar-refractivity contribution in [3.8, 4) is 11.1 Å². The molecule has 0 aromatic heterocycles. The van der Waals surface area contributed by atoms with E-state index in [1.165, 1.54) is 4.31 Å². The van der Waals surface area contributed by atoms with E-state index in [1.807, 2.05) is 61.6 Å². The molecular formula is C26H29N3O3S. The van der Waals surface area contributed by atoms with Gasteiger partial charge in [0, 0.05) is 31.9 Å². The summed E-state index contributed by atoms with van der Waals surface area (Å²) >= 11 is 0. The monoisotopic (exact) mass is 463 g/mol. The molecule has 1 amide bonds. The molecule has 0 radical (unpaired) electrons. The highest BCUT2D eigenvalue weighted by Gasteiger charge is 2.29. The van der Waals surface area contributed by atoms with Gasteiger partial charge in [-0.3, -0.25) is 4.79 Å². The predicted molar refractivity (Wildman–Crippen MR) is 132 cm³/mol. The summed E-state index contributed by atoms with van der Waals surface area (Å²) in [6.45, 7) is 4.13. The van der Waals surface area contributed by atoms with Crippen molar-refractivity contribution in [1.82, 2.24) is 9.21 Å². The fourth-order valence-electron chi connectivity index (χ4n) is 3.96. The first-order valence-electron chi connectivity index (χ1n) is 11.1. The summed E-state index contributed by atoms with van der Waals surface area (Å²) in [6.07, 6.45) is 0.212. The first kappa shape index (κ1) is 23.2. The van der Waals surface area contributed by atoms with Crippen LogP contribution in [0.15, 0.2) is 77.7 Å². The highest BCUT2D eigenvalue weighted by atomic mass is 32.2. The average Bonchev–Trinajstić information content (AvgIpc) is 2.81. The maximum Gasteiger partial charge on any atom is 0.243 e. The minimum atomic E-state index is -3.61. The van der Waals surface area contributed by atoms with E-state index in [0.717, 1.165) is 16.7 Å². The smallest absolute Gasteiger partial charge is 0.243 e. The van der Waals surface area contributed by atoms with Gasteiger partial charge in [-0.15, -0.1) is 0 Å². The van der Waals surface area contributed by atoms with Gasteiger partial charge in [-0.25, -0.2) is 8.42 Å². The van der Waals surface area contributed by atoms with Gasteiger partial charge >= 0.3 is 0 Å². The summed E-state index contributed by atoms with van der Waals surface area (Å²) in [5, 5.41) is 2.86. The van der Waals surface area contributed by atoms with Gasteiger partial charge in [0.1, 0.15) is 0 Å². The second kappa shape index (κ2) is 9.87. The van der Waals surface area contributed by atoms with Crippen molar-refractivity contribution in [3.05, 3.63) is 83.9 Å². The molecule has 1 saturated heterocycles. The highest BCUT2D eigenvalue weighted by molar-refractivity contribution is 7.89. The van der Waals surface area contributed by atoms with Crippen molar-refractivity contribution in [2.24, 2.45) is 0 Å². The molecule has 1 fully saturated rings. The molecule has 1 aliphatic heterocycles. The number of hydrogen-bond acceptors (Lipinski definition) is 4. The van der Waals surface area contributed by atoms with Crippen LogP contribution in [0.5, 0.6) is 0 Å². The summed E-state index contributed by atoms with van der Waals surface area (Å²) in [5.41, 5.74) is 4.27. The largest absolute Gasteiger partial charge is 0.326 e. The van der Waals surface area contributed by atoms with Crippen LogP contribution < -0.4 is 5.32 Å². The standard InChI is InChI=1S/C26H29N3O3S/c1-20-8-13-24(19-25(20)33(31,32)29-16-14-28(2)15-17-29)27-26(30)18-21-9-11-23(12-10-21)22-6-4-3-5-7-22/h3-13,19H,14-18H2,1-2H3,(H,27,30). The van der Waals surface area contributed by atoms with Crippen LogP contribution >= 0.6 is 0 Å². The van der Waals surface area contributed by atoms with Gasteiger partial charge in [0.15, 0.2) is 0 Å². The van der Waals surface area contributed by atoms with Gasteiger partial charge in [0.05, 0.1) is 11.3 Å². The molecule has 0 aliphatic carbocycles. The Kier molecular flexibility index (Phi) is 6.93. The molecule has 0 saturated carbocycles. The summed E-state index contributed by atoms with van der Waals surface area (Å²) in [4.78, 5) is 15.0. The molecular weight excluding hydrogens is 434 g/mol. The maximum atomic E-state index is 13.2. The third-order valence-electron chi connectivity index (χ3n) is 5.98. The molecule has 0 bridgehead atoms. The van der Waals surface area contributed by atoms with Crippen LogP contribution in [0.2, 0.25) is 0 Å². The maximum absolute atomic E-state index is 13.2. The van der Waals surface area contributed by atoms with Crippen LogP contribution in [0.25, 0.3) is 11.1 Å². The first-order chi connectivity index (χ1) is 15.8. The topological polar surface area (TPSA) is 69.7 Å². The van der Waals surface area contributed by atoms with Crippen molar-refractivity contribution in [1.29, 1.82) is 0 Å². The molecule has 3 aromatic rings. The second-order valence-corrected chi connectivity index (χ2v) is 10.4. The number of sulfonamides is 1. The lowest BCUT2D eigenvalue weighted by Gasteiger charge is -2.32. The van der Waals surface area contributed by atoms with Crippen molar-refractivity contribution < 1.29 is 13.2 Å². The van der Waals surface area contributed by atoms with Crippen LogP contribution in [0.3, 0.4) is 0 Å². The normalized spacial score (nSPS) is 15.3. The molecule has 1 heterocycles. The zero-order valence-corrected chi connectivity index (χ0v) is 19.8. The van der Waals surface area contributed by atoms with Crippen LogP contribution in [0, 0.1) is 6.92 Å². The minimum Gasteiger partial charge on any atom is -0.326 e. The van der Waals surface area contributed by atoms with E-state index >= 15 is 0 Å². The third kappa shape index (κ3) is 5.50. The lowest BCUT2D eigenvalue weighted by atomic mass is 10.0. The Hall–Kier alpha value is -3.00. The molecule has 3 aromatic carbocycles. The second-order valence-electron chi connectivity index (χ2n) is 8.48. The molecule has 7 heteroatoms. The Bertz CT molecular complexity index is 1220. The number of nitrogens with one attached hydrogen (secondary N) is 1. The number of carbonyl (C=O) groups is 1. The number of nitrogens with zero attached hydrogens (tertiary/aromatic N) is 2. The van der Waals surface area contributed by atoms with E-state index < -0.39 is 10.0 Å². The molecule has 1 N–H and O–H groups in total. The third-order valence-corrected chi connectivity index (χ3v) is 8.02. The predicted octanol–water partition coefficient (Wildman–Crippen LogP) is 3.78. The van der Waals surface area contributed by atoms with Gasteiger partial charge < -0.3 is 10.2 Å². The van der Waals surface area contributed by atoms with E-state index in [2.05, 4.69) is 10.2 Å². The van der Waals surface area contributed by atoms with Gasteiger partial charge in [0.2, 0.25) is 15.9 Å². The molecule has 0 spiro atoms. The highest BCUT2D eigenvalue weighted by Crippen LogP contribution is 2.25. The summed E-state index contributed by atoms with van der Waals surface area (Å²) in [5.74, 6) is -0.186. The van der Waals surface area contributed by atoms with Crippen LogP contribution in [0.4, 0.5) is 5.69 Å². The van der Waals surface area contributed by atoms with Gasteiger partial charge in [-0.1, -0.05) is 60.7 Å². The van der Waals surface area contributed by atoms with Crippen molar-refractivity contribution in [3.63, 3.8) is 0 Å². The number of amides is 1. The van der Waals surface area contributed by atoms with Crippen LogP contribution in [-0.4, -0.2) is 56.8 Å². The Morgan fingerprint density at radius 1 is 0.879 bits per heavy atom. The van der Waals surface area contributed by atoms with Gasteiger partial charge in [-0.05, 0) is 48.4 Å². The molecule has 6 nitrogen and oxygen atoms in total. The van der Waals surface area contributed by atoms with Crippen molar-refractivity contribution >= 4 is 21.6 Å². The zero-order valence-electron chi connectivity index (χ0n) is 19.0. The molecule has 172 valence electrons. The number of piperazine rings is 1. The molecule has 4 rings (SSSR count). The minimum absolute atomic E-state index is 0.186. The SMILES string of the molecule is Cc1ccc(NC(=O)Cc2ccc(-c3ccccc3)cc2)cc1S(=O)(=O)N1CCN(C)CC1. The molecule has 33 heavy (non-hydrogen) atoms. The van der Waals surface area contributed by atoms with Crippen LogP contribution in [0.1, 0.15) is 11.1 Å². The summed E-state index contributed by atoms with van der Waals surface area (Å²) in [6, 6.07) is 23.0. The van der Waals surface area contributed by atoms with E-state index in [1.54, 1.807) is 25.1 Å². The Balaban J connectivity index is 1.44. The Labute approximate surface area is 195 Å². The van der Waals surface area contributed by atoms with Gasteiger partial charge in [0.25, 0.3) is 0 Å². The average molecular weight is 464 g/mol. The Morgan fingerprint density at radius 3 is 2.18 bits per heavy atom. The van der Waals surface area contributed by atoms with E-state index in [9.17, 15) is 13.2 Å². The zero-order chi connectivity index (χ0) is 23.4. The molecule has 0 atom stereocenters. The number of anilines is 1. The number of carbonyl (C=O) groups excluding carboxylic acids is 1. The van der Waals surface area contributed by atoms with Crippen molar-refractivity contribution in [2.75, 3.05) is 38.5 Å². The summed E-state index contributed by atoms with van der Waals surface area (Å²) in [7, 11) is -1.62. The van der Waals surface area contributed by atoms with Crippen LogP contribution in [-0.2, 0) is 21.2 Å². The van der Waals surface area contributed by atoms with Crippen molar-refractivity contribution in [2.45, 2.75) is 18.2 Å². The number of hydrogen-bond donors (Lipinski definition) is 1. The number of aryl methyl sites for hydroxylation is 1. The Morgan fingerprint density at radius 2 is 1.52 bits per heavy atom. The lowest BCUT2D eigenvalue weighted by molar-refractivity contribution is -0.115. The molecule has 0 unspecified atom stereocenters. The van der Waals surface area contributed by atoms with Gasteiger partial charge in [-0.2, -0.15) is 4.31 Å². The van der Waals surface area contributed by atoms with E-state index in [0.29, 0.717) is 37.4 Å². The van der Waals surface area contributed by atoms with E-state index in [-0.39, 0.29) is 17.2 Å². The fraction of sp³-hybridized carbons (Fsp3) is 0.269. The lowest BCUT2D eigenvalue weighted by Crippen LogP contribution is -2.47. The molecule has 1 aliphatic rings.